The van der Waals surface area contributed by atoms with E-state index in [1.807, 2.05) is 0 Å². The Kier molecular flexibility index (Phi) is 4.92. The molecule has 8 heteroatoms. The first-order chi connectivity index (χ1) is 8.95. The molecule has 19 heavy (non-hydrogen) atoms. The number of amides is 2. The highest BCUT2D eigenvalue weighted by Gasteiger charge is 2.16. The number of hydrogen-bond donors (Lipinski definition) is 2. The van der Waals surface area contributed by atoms with Crippen LogP contribution in [0.15, 0.2) is 18.2 Å². The van der Waals surface area contributed by atoms with Gasteiger partial charge >= 0.3 is 5.69 Å². The van der Waals surface area contributed by atoms with Crippen molar-refractivity contribution >= 4 is 17.5 Å². The summed E-state index contributed by atoms with van der Waals surface area (Å²) >= 11 is 0. The zero-order valence-electron chi connectivity index (χ0n) is 10.1. The fourth-order valence-corrected chi connectivity index (χ4v) is 1.31. The number of nitrogens with zero attached hydrogens (tertiary/aromatic N) is 1. The molecule has 102 valence electrons. The number of rotatable bonds is 5. The van der Waals surface area contributed by atoms with Crippen molar-refractivity contribution in [3.63, 3.8) is 0 Å². The highest BCUT2D eigenvalue weighted by atomic mass is 19.1. The zero-order valence-corrected chi connectivity index (χ0v) is 10.1. The summed E-state index contributed by atoms with van der Waals surface area (Å²) in [6, 6.07) is 2.85. The van der Waals surface area contributed by atoms with Gasteiger partial charge in [-0.15, -0.1) is 0 Å². The zero-order chi connectivity index (χ0) is 14.4. The number of nitro benzene ring substituents is 1. The second kappa shape index (κ2) is 6.43. The summed E-state index contributed by atoms with van der Waals surface area (Å²) in [6.45, 7) is 0.0944. The molecule has 1 aromatic carbocycles. The highest BCUT2D eigenvalue weighted by molar-refractivity contribution is 5.94. The van der Waals surface area contributed by atoms with Crippen LogP contribution in [0.4, 0.5) is 10.1 Å². The van der Waals surface area contributed by atoms with Gasteiger partial charge in [0.15, 0.2) is 0 Å². The molecule has 0 saturated heterocycles. The molecule has 0 aliphatic carbocycles. The van der Waals surface area contributed by atoms with Gasteiger partial charge in [-0.2, -0.15) is 4.39 Å². The molecule has 0 radical (unpaired) electrons. The lowest BCUT2D eigenvalue weighted by atomic mass is 10.2. The van der Waals surface area contributed by atoms with Crippen LogP contribution >= 0.6 is 0 Å². The molecule has 0 aromatic heterocycles. The molecule has 0 heterocycles. The molecule has 2 N–H and O–H groups in total. The first-order valence-electron chi connectivity index (χ1n) is 5.38. The summed E-state index contributed by atoms with van der Waals surface area (Å²) < 4.78 is 13.3. The van der Waals surface area contributed by atoms with Crippen LogP contribution in [-0.2, 0) is 4.79 Å². The van der Waals surface area contributed by atoms with Gasteiger partial charge in [0.1, 0.15) is 0 Å². The third kappa shape index (κ3) is 4.02. The van der Waals surface area contributed by atoms with Gasteiger partial charge in [-0.25, -0.2) is 0 Å². The van der Waals surface area contributed by atoms with Gasteiger partial charge in [0, 0.05) is 31.6 Å². The Hall–Kier alpha value is -2.51. The van der Waals surface area contributed by atoms with Crippen LogP contribution in [0.25, 0.3) is 0 Å². The van der Waals surface area contributed by atoms with E-state index in [0.29, 0.717) is 0 Å². The first-order valence-corrected chi connectivity index (χ1v) is 5.38. The van der Waals surface area contributed by atoms with Crippen molar-refractivity contribution in [3.8, 4) is 0 Å². The van der Waals surface area contributed by atoms with Crippen molar-refractivity contribution in [2.75, 3.05) is 13.6 Å². The largest absolute Gasteiger partial charge is 0.359 e. The maximum absolute atomic E-state index is 13.3. The Morgan fingerprint density at radius 2 is 2.11 bits per heavy atom. The standard InChI is InChI=1S/C11H12FN3O4/c1-13-10(16)4-5-14-11(17)7-2-3-9(15(18)19)8(12)6-7/h2-3,6H,4-5H2,1H3,(H,13,16)(H,14,17). The molecule has 7 nitrogen and oxygen atoms in total. The Labute approximate surface area is 107 Å². The molecule has 1 aromatic rings. The highest BCUT2D eigenvalue weighted by Crippen LogP contribution is 2.17. The predicted molar refractivity (Wildman–Crippen MR) is 64.1 cm³/mol. The molecular weight excluding hydrogens is 257 g/mol. The maximum Gasteiger partial charge on any atom is 0.304 e. The number of nitro groups is 1. The van der Waals surface area contributed by atoms with Crippen molar-refractivity contribution in [1.82, 2.24) is 10.6 Å². The van der Waals surface area contributed by atoms with Crippen molar-refractivity contribution in [2.45, 2.75) is 6.42 Å². The van der Waals surface area contributed by atoms with Gasteiger partial charge in [0.2, 0.25) is 11.7 Å². The van der Waals surface area contributed by atoms with Crippen LogP contribution in [0, 0.1) is 15.9 Å². The lowest BCUT2D eigenvalue weighted by molar-refractivity contribution is -0.387. The van der Waals surface area contributed by atoms with Gasteiger partial charge in [0.25, 0.3) is 5.91 Å². The number of halogens is 1. The Morgan fingerprint density at radius 1 is 1.42 bits per heavy atom. The molecule has 0 spiro atoms. The molecule has 0 atom stereocenters. The monoisotopic (exact) mass is 269 g/mol. The molecular formula is C11H12FN3O4. The average Bonchev–Trinajstić information content (AvgIpc) is 2.37. The number of carbonyl (C=O) groups excluding carboxylic acids is 2. The summed E-state index contributed by atoms with van der Waals surface area (Å²) in [5.74, 6) is -1.92. The predicted octanol–water partition coefficient (Wildman–Crippen LogP) is 0.600. The Bertz CT molecular complexity index is 519. The van der Waals surface area contributed by atoms with Crippen LogP contribution in [-0.4, -0.2) is 30.3 Å². The Balaban J connectivity index is 2.65. The maximum atomic E-state index is 13.3. The number of benzene rings is 1. The summed E-state index contributed by atoms with van der Waals surface area (Å²) in [5.41, 5.74) is -0.734. The molecule has 2 amide bonds. The van der Waals surface area contributed by atoms with E-state index in [4.69, 9.17) is 0 Å². The molecule has 0 aliphatic rings. The third-order valence-corrected chi connectivity index (χ3v) is 2.32. The van der Waals surface area contributed by atoms with Crippen molar-refractivity contribution in [2.24, 2.45) is 0 Å². The SMILES string of the molecule is CNC(=O)CCNC(=O)c1ccc([N+](=O)[O-])c(F)c1. The van der Waals surface area contributed by atoms with Crippen LogP contribution < -0.4 is 10.6 Å². The van der Waals surface area contributed by atoms with E-state index < -0.39 is 22.3 Å². The number of carbonyl (C=O) groups is 2. The van der Waals surface area contributed by atoms with Crippen LogP contribution in [0.1, 0.15) is 16.8 Å². The Morgan fingerprint density at radius 3 is 2.63 bits per heavy atom. The minimum atomic E-state index is -1.08. The average molecular weight is 269 g/mol. The van der Waals surface area contributed by atoms with Gasteiger partial charge < -0.3 is 10.6 Å². The third-order valence-electron chi connectivity index (χ3n) is 2.32. The van der Waals surface area contributed by atoms with Crippen LogP contribution in [0.2, 0.25) is 0 Å². The molecule has 0 fully saturated rings. The van der Waals surface area contributed by atoms with E-state index in [0.717, 1.165) is 18.2 Å². The lowest BCUT2D eigenvalue weighted by Crippen LogP contribution is -2.29. The summed E-state index contributed by atoms with van der Waals surface area (Å²) in [5, 5.41) is 15.2. The fraction of sp³-hybridized carbons (Fsp3) is 0.273. The van der Waals surface area contributed by atoms with E-state index in [9.17, 15) is 24.1 Å². The number of hydrogen-bond acceptors (Lipinski definition) is 4. The van der Waals surface area contributed by atoms with Crippen LogP contribution in [0.3, 0.4) is 0 Å². The quantitative estimate of drug-likeness (QED) is 0.603. The van der Waals surface area contributed by atoms with E-state index in [-0.39, 0.29) is 24.4 Å². The molecule has 0 aliphatic heterocycles. The van der Waals surface area contributed by atoms with Gasteiger partial charge in [-0.1, -0.05) is 0 Å². The molecule has 1 rings (SSSR count). The lowest BCUT2D eigenvalue weighted by Gasteiger charge is -2.04. The minimum Gasteiger partial charge on any atom is -0.359 e. The molecule has 0 unspecified atom stereocenters. The molecule has 0 saturated carbocycles. The second-order valence-electron chi connectivity index (χ2n) is 3.60. The summed E-state index contributed by atoms with van der Waals surface area (Å²) in [6.07, 6.45) is 0.0949. The molecule has 0 bridgehead atoms. The van der Waals surface area contributed by atoms with Gasteiger partial charge in [-0.3, -0.25) is 19.7 Å². The normalized spacial score (nSPS) is 9.79. The summed E-state index contributed by atoms with van der Waals surface area (Å²) in [7, 11) is 1.47. The van der Waals surface area contributed by atoms with Crippen LogP contribution in [0.5, 0.6) is 0 Å². The topological polar surface area (TPSA) is 101 Å². The summed E-state index contributed by atoms with van der Waals surface area (Å²) in [4.78, 5) is 32.0. The van der Waals surface area contributed by atoms with Crippen molar-refractivity contribution in [1.29, 1.82) is 0 Å². The van der Waals surface area contributed by atoms with Gasteiger partial charge in [0.05, 0.1) is 4.92 Å². The fourth-order valence-electron chi connectivity index (χ4n) is 1.31. The van der Waals surface area contributed by atoms with E-state index >= 15 is 0 Å². The second-order valence-corrected chi connectivity index (χ2v) is 3.60. The number of nitrogens with one attached hydrogen (secondary N) is 2. The van der Waals surface area contributed by atoms with Gasteiger partial charge in [-0.05, 0) is 12.1 Å². The van der Waals surface area contributed by atoms with Crippen molar-refractivity contribution in [3.05, 3.63) is 39.7 Å². The first kappa shape index (κ1) is 14.6. The smallest absolute Gasteiger partial charge is 0.304 e. The van der Waals surface area contributed by atoms with E-state index in [1.54, 1.807) is 0 Å². The van der Waals surface area contributed by atoms with E-state index in [2.05, 4.69) is 10.6 Å². The minimum absolute atomic E-state index is 0.0417. The van der Waals surface area contributed by atoms with Crippen molar-refractivity contribution < 1.29 is 18.9 Å². The van der Waals surface area contributed by atoms with E-state index in [1.165, 1.54) is 7.05 Å².